The normalized spacial score (nSPS) is 17.8. The molecule has 0 aromatic heterocycles. The van der Waals surface area contributed by atoms with Gasteiger partial charge in [-0.3, -0.25) is 0 Å². The highest BCUT2D eigenvalue weighted by Gasteiger charge is 2.26. The number of hydrogen-bond acceptors (Lipinski definition) is 4. The summed E-state index contributed by atoms with van der Waals surface area (Å²) in [5, 5.41) is 11.2. The van der Waals surface area contributed by atoms with Gasteiger partial charge in [-0.2, -0.15) is 5.26 Å². The Morgan fingerprint density at radius 3 is 2.44 bits per heavy atom. The van der Waals surface area contributed by atoms with E-state index in [0.717, 1.165) is 12.8 Å². The van der Waals surface area contributed by atoms with Crippen LogP contribution in [-0.4, -0.2) is 35.7 Å². The predicted octanol–water partition coefficient (Wildman–Crippen LogP) is 1.46. The lowest BCUT2D eigenvalue weighted by Gasteiger charge is -2.32. The van der Waals surface area contributed by atoms with E-state index < -0.39 is 5.60 Å². The summed E-state index contributed by atoms with van der Waals surface area (Å²) in [5.74, 6) is 0. The van der Waals surface area contributed by atoms with Gasteiger partial charge in [-0.25, -0.2) is 4.79 Å². The van der Waals surface area contributed by atoms with Crippen molar-refractivity contribution in [2.24, 2.45) is 0 Å². The van der Waals surface area contributed by atoms with Gasteiger partial charge in [0.2, 0.25) is 0 Å². The van der Waals surface area contributed by atoms with Crippen LogP contribution in [0, 0.1) is 11.5 Å². The van der Waals surface area contributed by atoms with Crippen molar-refractivity contribution in [1.82, 2.24) is 10.2 Å². The molecular formula is C11H19N3O2. The van der Waals surface area contributed by atoms with Crippen LogP contribution in [0.2, 0.25) is 0 Å². The van der Waals surface area contributed by atoms with Gasteiger partial charge < -0.3 is 15.0 Å². The lowest BCUT2D eigenvalue weighted by atomic mass is 10.1. The summed E-state index contributed by atoms with van der Waals surface area (Å²) >= 11 is 0. The zero-order chi connectivity index (χ0) is 12.2. The van der Waals surface area contributed by atoms with Gasteiger partial charge in [0.25, 0.3) is 0 Å². The van der Waals surface area contributed by atoms with Crippen LogP contribution < -0.4 is 5.32 Å². The minimum atomic E-state index is -0.446. The minimum Gasteiger partial charge on any atom is -0.444 e. The van der Waals surface area contributed by atoms with Crippen molar-refractivity contribution in [2.45, 2.75) is 45.3 Å². The first-order chi connectivity index (χ1) is 7.42. The second-order valence-corrected chi connectivity index (χ2v) is 5.00. The molecule has 1 aliphatic heterocycles. The number of nitrogens with one attached hydrogen (secondary N) is 1. The van der Waals surface area contributed by atoms with Gasteiger partial charge in [0.1, 0.15) is 5.60 Å². The maximum Gasteiger partial charge on any atom is 0.410 e. The number of nitrogens with zero attached hydrogens (tertiary/aromatic N) is 2. The van der Waals surface area contributed by atoms with Gasteiger partial charge >= 0.3 is 6.09 Å². The first kappa shape index (κ1) is 12.6. The molecule has 0 radical (unpaired) electrons. The molecule has 0 atom stereocenters. The van der Waals surface area contributed by atoms with Crippen LogP contribution in [0.4, 0.5) is 4.79 Å². The molecular weight excluding hydrogens is 206 g/mol. The highest BCUT2D eigenvalue weighted by Crippen LogP contribution is 2.15. The Morgan fingerprint density at radius 2 is 2.00 bits per heavy atom. The van der Waals surface area contributed by atoms with E-state index in [1.54, 1.807) is 4.90 Å². The zero-order valence-electron chi connectivity index (χ0n) is 10.1. The molecule has 0 aliphatic carbocycles. The van der Waals surface area contributed by atoms with E-state index in [1.165, 1.54) is 0 Å². The molecule has 0 bridgehead atoms. The minimum absolute atomic E-state index is 0.198. The fraction of sp³-hybridized carbons (Fsp3) is 0.818. The van der Waals surface area contributed by atoms with Crippen molar-refractivity contribution in [3.8, 4) is 6.19 Å². The van der Waals surface area contributed by atoms with Crippen molar-refractivity contribution in [2.75, 3.05) is 13.1 Å². The highest BCUT2D eigenvalue weighted by atomic mass is 16.6. The molecule has 1 N–H and O–H groups in total. The van der Waals surface area contributed by atoms with Crippen molar-refractivity contribution < 1.29 is 9.53 Å². The van der Waals surface area contributed by atoms with Gasteiger partial charge in [0.15, 0.2) is 6.19 Å². The van der Waals surface area contributed by atoms with Crippen LogP contribution in [0.3, 0.4) is 0 Å². The Hall–Kier alpha value is -1.44. The Balaban J connectivity index is 2.37. The van der Waals surface area contributed by atoms with Crippen LogP contribution in [-0.2, 0) is 4.74 Å². The molecule has 0 unspecified atom stereocenters. The summed E-state index contributed by atoms with van der Waals surface area (Å²) < 4.78 is 5.27. The number of hydrogen-bond donors (Lipinski definition) is 1. The van der Waals surface area contributed by atoms with Crippen LogP contribution in [0.5, 0.6) is 0 Å². The van der Waals surface area contributed by atoms with Crippen LogP contribution >= 0.6 is 0 Å². The molecule has 1 fully saturated rings. The maximum absolute atomic E-state index is 11.7. The summed E-state index contributed by atoms with van der Waals surface area (Å²) in [6.07, 6.45) is 3.27. The number of rotatable bonds is 1. The molecule has 1 saturated heterocycles. The third-order valence-corrected chi connectivity index (χ3v) is 2.42. The van der Waals surface area contributed by atoms with Crippen LogP contribution in [0.15, 0.2) is 0 Å². The molecule has 0 spiro atoms. The van der Waals surface area contributed by atoms with E-state index in [0.29, 0.717) is 13.1 Å². The Bertz CT molecular complexity index is 283. The SMILES string of the molecule is CC(C)(C)OC(=O)N1CCC(NC#N)CC1. The fourth-order valence-corrected chi connectivity index (χ4v) is 1.62. The largest absolute Gasteiger partial charge is 0.444 e. The Kier molecular flexibility index (Phi) is 3.99. The van der Waals surface area contributed by atoms with E-state index in [9.17, 15) is 4.79 Å². The molecule has 0 aromatic rings. The van der Waals surface area contributed by atoms with E-state index in [4.69, 9.17) is 10.00 Å². The molecule has 16 heavy (non-hydrogen) atoms. The van der Waals surface area contributed by atoms with E-state index in [-0.39, 0.29) is 12.1 Å². The number of carbonyl (C=O) groups excluding carboxylic acids is 1. The van der Waals surface area contributed by atoms with E-state index in [1.807, 2.05) is 27.0 Å². The Morgan fingerprint density at radius 1 is 1.44 bits per heavy atom. The molecule has 5 heteroatoms. The molecule has 1 aliphatic rings. The lowest BCUT2D eigenvalue weighted by Crippen LogP contribution is -2.45. The molecule has 0 saturated carbocycles. The average molecular weight is 225 g/mol. The molecule has 1 heterocycles. The third-order valence-electron chi connectivity index (χ3n) is 2.42. The topological polar surface area (TPSA) is 65.4 Å². The van der Waals surface area contributed by atoms with Gasteiger partial charge in [-0.1, -0.05) is 0 Å². The monoisotopic (exact) mass is 225 g/mol. The Labute approximate surface area is 96.4 Å². The molecule has 0 aromatic carbocycles. The quantitative estimate of drug-likeness (QED) is 0.542. The molecule has 1 amide bonds. The summed E-state index contributed by atoms with van der Waals surface area (Å²) in [7, 11) is 0. The number of piperidine rings is 1. The number of nitriles is 1. The van der Waals surface area contributed by atoms with Crippen LogP contribution in [0.25, 0.3) is 0 Å². The third kappa shape index (κ3) is 3.97. The highest BCUT2D eigenvalue weighted by molar-refractivity contribution is 5.68. The van der Waals surface area contributed by atoms with E-state index in [2.05, 4.69) is 5.32 Å². The van der Waals surface area contributed by atoms with Crippen molar-refractivity contribution in [1.29, 1.82) is 5.26 Å². The van der Waals surface area contributed by atoms with E-state index >= 15 is 0 Å². The van der Waals surface area contributed by atoms with Gasteiger partial charge in [-0.05, 0) is 33.6 Å². The summed E-state index contributed by atoms with van der Waals surface area (Å²) in [4.78, 5) is 13.4. The summed E-state index contributed by atoms with van der Waals surface area (Å²) in [5.41, 5.74) is -0.446. The number of likely N-dealkylation sites (tertiary alicyclic amines) is 1. The lowest BCUT2D eigenvalue weighted by molar-refractivity contribution is 0.0202. The second kappa shape index (κ2) is 5.06. The molecule has 90 valence electrons. The van der Waals surface area contributed by atoms with Crippen molar-refractivity contribution in [3.63, 3.8) is 0 Å². The van der Waals surface area contributed by atoms with Gasteiger partial charge in [-0.15, -0.1) is 0 Å². The number of carbonyl (C=O) groups is 1. The molecule has 5 nitrogen and oxygen atoms in total. The fourth-order valence-electron chi connectivity index (χ4n) is 1.62. The van der Waals surface area contributed by atoms with Gasteiger partial charge in [0.05, 0.1) is 0 Å². The average Bonchev–Trinajstić information content (AvgIpc) is 2.16. The summed E-state index contributed by atoms with van der Waals surface area (Å²) in [6, 6.07) is 0.198. The first-order valence-electron chi connectivity index (χ1n) is 5.55. The first-order valence-corrected chi connectivity index (χ1v) is 5.55. The van der Waals surface area contributed by atoms with Gasteiger partial charge in [0, 0.05) is 19.1 Å². The standard InChI is InChI=1S/C11H19N3O2/c1-11(2,3)16-10(15)14-6-4-9(5-7-14)13-8-12/h9,13H,4-7H2,1-3H3. The zero-order valence-corrected chi connectivity index (χ0v) is 10.1. The number of ether oxygens (including phenoxy) is 1. The molecule has 1 rings (SSSR count). The summed E-state index contributed by atoms with van der Waals surface area (Å²) in [6.45, 7) is 6.86. The van der Waals surface area contributed by atoms with Crippen molar-refractivity contribution in [3.05, 3.63) is 0 Å². The second-order valence-electron chi connectivity index (χ2n) is 5.00. The smallest absolute Gasteiger partial charge is 0.410 e. The van der Waals surface area contributed by atoms with Crippen LogP contribution in [0.1, 0.15) is 33.6 Å². The van der Waals surface area contributed by atoms with Crippen molar-refractivity contribution >= 4 is 6.09 Å². The maximum atomic E-state index is 11.7. The predicted molar refractivity (Wildman–Crippen MR) is 59.6 cm³/mol. The number of amides is 1.